The molecule has 0 unspecified atom stereocenters. The SMILES string of the molecule is COc1cc(C)c2[nH]ccc2c1CN1CC[C@@H](N2CC(C#N)C2)C[C@@H]1c1ccc(C(=O)O)cc1. The van der Waals surface area contributed by atoms with Crippen molar-refractivity contribution in [3.05, 3.63) is 64.8 Å². The van der Waals surface area contributed by atoms with E-state index in [1.165, 1.54) is 10.9 Å². The van der Waals surface area contributed by atoms with Gasteiger partial charge in [-0.3, -0.25) is 9.80 Å². The molecule has 5 rings (SSSR count). The van der Waals surface area contributed by atoms with Crippen molar-refractivity contribution >= 4 is 16.9 Å². The molecule has 2 aromatic carbocycles. The summed E-state index contributed by atoms with van der Waals surface area (Å²) in [5.41, 5.74) is 4.89. The Morgan fingerprint density at radius 2 is 2.03 bits per heavy atom. The molecule has 176 valence electrons. The molecule has 3 aromatic rings. The molecule has 2 N–H and O–H groups in total. The zero-order valence-electron chi connectivity index (χ0n) is 19.6. The smallest absolute Gasteiger partial charge is 0.335 e. The van der Waals surface area contributed by atoms with Crippen molar-refractivity contribution in [3.63, 3.8) is 0 Å². The summed E-state index contributed by atoms with van der Waals surface area (Å²) in [5.74, 6) is 0.128. The monoisotopic (exact) mass is 458 g/mol. The molecule has 0 bridgehead atoms. The summed E-state index contributed by atoms with van der Waals surface area (Å²) in [6.45, 7) is 5.46. The fourth-order valence-corrected chi connectivity index (χ4v) is 5.59. The Balaban J connectivity index is 1.46. The Morgan fingerprint density at radius 1 is 1.26 bits per heavy atom. The lowest BCUT2D eigenvalue weighted by molar-refractivity contribution is 0.0118. The summed E-state index contributed by atoms with van der Waals surface area (Å²) in [5, 5.41) is 19.7. The van der Waals surface area contributed by atoms with E-state index in [-0.39, 0.29) is 12.0 Å². The van der Waals surface area contributed by atoms with Crippen LogP contribution in [0, 0.1) is 24.2 Å². The molecule has 2 fully saturated rings. The standard InChI is InChI=1S/C27H30N4O3/c1-17-11-25(34-2)23(22-7-9-29-26(17)22)16-30-10-8-21(31-14-18(13-28)15-31)12-24(30)19-3-5-20(6-4-19)27(32)33/h3-7,9,11,18,21,24,29H,8,10,12,14-16H2,1-2H3,(H,32,33)/t21-,24-/m1/s1. The van der Waals surface area contributed by atoms with E-state index >= 15 is 0 Å². The Bertz CT molecular complexity index is 1240. The third-order valence-electron chi connectivity index (χ3n) is 7.53. The zero-order valence-corrected chi connectivity index (χ0v) is 19.6. The minimum Gasteiger partial charge on any atom is -0.496 e. The topological polar surface area (TPSA) is 92.6 Å². The maximum atomic E-state index is 11.4. The van der Waals surface area contributed by atoms with Crippen molar-refractivity contribution in [2.45, 2.75) is 38.4 Å². The van der Waals surface area contributed by atoms with Crippen LogP contribution < -0.4 is 4.74 Å². The molecular weight excluding hydrogens is 428 g/mol. The van der Waals surface area contributed by atoms with Crippen LogP contribution in [0.4, 0.5) is 0 Å². The lowest BCUT2D eigenvalue weighted by Gasteiger charge is -2.48. The molecule has 3 heterocycles. The Hall–Kier alpha value is -3.34. The van der Waals surface area contributed by atoms with Gasteiger partial charge in [0, 0.05) is 60.9 Å². The van der Waals surface area contributed by atoms with E-state index in [4.69, 9.17) is 4.74 Å². The molecule has 0 amide bonds. The largest absolute Gasteiger partial charge is 0.496 e. The molecular formula is C27H30N4O3. The lowest BCUT2D eigenvalue weighted by Crippen LogP contribution is -2.55. The highest BCUT2D eigenvalue weighted by Crippen LogP contribution is 2.39. The Labute approximate surface area is 199 Å². The predicted molar refractivity (Wildman–Crippen MR) is 130 cm³/mol. The number of nitrogens with zero attached hydrogens (tertiary/aromatic N) is 3. The van der Waals surface area contributed by atoms with Crippen LogP contribution in [0.15, 0.2) is 42.6 Å². The Kier molecular flexibility index (Phi) is 6.03. The number of nitriles is 1. The van der Waals surface area contributed by atoms with Crippen molar-refractivity contribution < 1.29 is 14.6 Å². The third kappa shape index (κ3) is 4.04. The van der Waals surface area contributed by atoms with Gasteiger partial charge in [0.1, 0.15) is 5.75 Å². The fourth-order valence-electron chi connectivity index (χ4n) is 5.59. The number of piperidine rings is 1. The minimum atomic E-state index is -0.910. The number of aryl methyl sites for hydroxylation is 1. The number of aromatic nitrogens is 1. The van der Waals surface area contributed by atoms with Gasteiger partial charge < -0.3 is 14.8 Å². The molecule has 1 aromatic heterocycles. The van der Waals surface area contributed by atoms with Gasteiger partial charge in [-0.1, -0.05) is 12.1 Å². The number of H-pyrrole nitrogens is 1. The number of rotatable bonds is 6. The van der Waals surface area contributed by atoms with E-state index < -0.39 is 5.97 Å². The maximum absolute atomic E-state index is 11.4. The van der Waals surface area contributed by atoms with Gasteiger partial charge in [-0.2, -0.15) is 5.26 Å². The minimum absolute atomic E-state index is 0.144. The number of hydrogen-bond donors (Lipinski definition) is 2. The number of aromatic amines is 1. The third-order valence-corrected chi connectivity index (χ3v) is 7.53. The number of carboxylic acids is 1. The predicted octanol–water partition coefficient (Wildman–Crippen LogP) is 4.34. The zero-order chi connectivity index (χ0) is 23.8. The molecule has 2 aliphatic heterocycles. The van der Waals surface area contributed by atoms with Gasteiger partial charge in [0.05, 0.1) is 24.7 Å². The molecule has 0 radical (unpaired) electrons. The van der Waals surface area contributed by atoms with E-state index in [1.807, 2.05) is 18.3 Å². The highest BCUT2D eigenvalue weighted by atomic mass is 16.5. The fraction of sp³-hybridized carbons (Fsp3) is 0.407. The van der Waals surface area contributed by atoms with Crippen molar-refractivity contribution in [3.8, 4) is 11.8 Å². The molecule has 2 saturated heterocycles. The van der Waals surface area contributed by atoms with Gasteiger partial charge in [-0.15, -0.1) is 0 Å². The van der Waals surface area contributed by atoms with Crippen LogP contribution in [0.2, 0.25) is 0 Å². The van der Waals surface area contributed by atoms with E-state index in [1.54, 1.807) is 19.2 Å². The quantitative estimate of drug-likeness (QED) is 0.571. The summed E-state index contributed by atoms with van der Waals surface area (Å²) >= 11 is 0. The molecule has 34 heavy (non-hydrogen) atoms. The van der Waals surface area contributed by atoms with Crippen LogP contribution in [-0.2, 0) is 6.54 Å². The molecule has 7 heteroatoms. The first-order chi connectivity index (χ1) is 16.5. The number of carbonyl (C=O) groups is 1. The van der Waals surface area contributed by atoms with Crippen LogP contribution in [0.1, 0.15) is 45.9 Å². The van der Waals surface area contributed by atoms with Crippen molar-refractivity contribution in [2.75, 3.05) is 26.7 Å². The highest BCUT2D eigenvalue weighted by Gasteiger charge is 2.38. The van der Waals surface area contributed by atoms with Crippen LogP contribution in [0.5, 0.6) is 5.75 Å². The number of carboxylic acid groups (broad SMARTS) is 1. The average Bonchev–Trinajstić information content (AvgIpc) is 3.31. The normalized spacial score (nSPS) is 21.8. The van der Waals surface area contributed by atoms with Gasteiger partial charge >= 0.3 is 5.97 Å². The molecule has 7 nitrogen and oxygen atoms in total. The molecule has 2 aliphatic rings. The van der Waals surface area contributed by atoms with E-state index in [0.29, 0.717) is 11.6 Å². The number of benzene rings is 2. The summed E-state index contributed by atoms with van der Waals surface area (Å²) in [7, 11) is 1.72. The molecule has 0 saturated carbocycles. The first-order valence-corrected chi connectivity index (χ1v) is 11.8. The van der Waals surface area contributed by atoms with Crippen LogP contribution in [0.3, 0.4) is 0 Å². The van der Waals surface area contributed by atoms with Gasteiger partial charge in [0.25, 0.3) is 0 Å². The number of likely N-dealkylation sites (tertiary alicyclic amines) is 2. The van der Waals surface area contributed by atoms with Crippen LogP contribution >= 0.6 is 0 Å². The summed E-state index contributed by atoms with van der Waals surface area (Å²) in [6, 6.07) is 14.5. The molecule has 0 aliphatic carbocycles. The van der Waals surface area contributed by atoms with Crippen molar-refractivity contribution in [1.82, 2.24) is 14.8 Å². The summed E-state index contributed by atoms with van der Waals surface area (Å²) in [4.78, 5) is 19.7. The average molecular weight is 459 g/mol. The number of hydrogen-bond acceptors (Lipinski definition) is 5. The number of ether oxygens (including phenoxy) is 1. The van der Waals surface area contributed by atoms with Crippen molar-refractivity contribution in [2.24, 2.45) is 5.92 Å². The van der Waals surface area contributed by atoms with Gasteiger partial charge in [-0.25, -0.2) is 4.79 Å². The second-order valence-corrected chi connectivity index (χ2v) is 9.51. The van der Waals surface area contributed by atoms with Crippen LogP contribution in [-0.4, -0.2) is 58.6 Å². The molecule has 2 atom stereocenters. The summed E-state index contributed by atoms with van der Waals surface area (Å²) < 4.78 is 5.79. The lowest BCUT2D eigenvalue weighted by atomic mass is 9.87. The van der Waals surface area contributed by atoms with Crippen LogP contribution in [0.25, 0.3) is 10.9 Å². The first kappa shape index (κ1) is 22.5. The number of aromatic carboxylic acids is 1. The highest BCUT2D eigenvalue weighted by molar-refractivity contribution is 5.88. The number of fused-ring (bicyclic) bond motifs is 1. The van der Waals surface area contributed by atoms with Gasteiger partial charge in [0.2, 0.25) is 0 Å². The number of nitrogens with one attached hydrogen (secondary N) is 1. The summed E-state index contributed by atoms with van der Waals surface area (Å²) in [6.07, 6.45) is 3.98. The van der Waals surface area contributed by atoms with Gasteiger partial charge in [0.15, 0.2) is 0 Å². The maximum Gasteiger partial charge on any atom is 0.335 e. The van der Waals surface area contributed by atoms with E-state index in [2.05, 4.69) is 39.9 Å². The van der Waals surface area contributed by atoms with Crippen molar-refractivity contribution in [1.29, 1.82) is 5.26 Å². The number of methoxy groups -OCH3 is 1. The Morgan fingerprint density at radius 3 is 2.71 bits per heavy atom. The van der Waals surface area contributed by atoms with E-state index in [9.17, 15) is 15.2 Å². The van der Waals surface area contributed by atoms with Gasteiger partial charge in [-0.05, 0) is 55.2 Å². The first-order valence-electron chi connectivity index (χ1n) is 11.8. The molecule has 0 spiro atoms. The second-order valence-electron chi connectivity index (χ2n) is 9.51. The second kappa shape index (κ2) is 9.13. The van der Waals surface area contributed by atoms with E-state index in [0.717, 1.165) is 61.4 Å².